The highest BCUT2D eigenvalue weighted by Crippen LogP contribution is 2.04. The largest absolute Gasteiger partial charge is 0.349 e. The van der Waals surface area contributed by atoms with Crippen LogP contribution in [0.15, 0.2) is 12.5 Å². The van der Waals surface area contributed by atoms with E-state index in [9.17, 15) is 13.2 Å². The number of hydrogen-bond acceptors (Lipinski definition) is 4. The SMILES string of the molecule is CC(C)Cn1cncc1CNC(=O)[C@@H](C)NS(C)(=O)=O. The van der Waals surface area contributed by atoms with Gasteiger partial charge in [-0.3, -0.25) is 4.79 Å². The zero-order chi connectivity index (χ0) is 15.3. The lowest BCUT2D eigenvalue weighted by atomic mass is 10.2. The molecule has 0 radical (unpaired) electrons. The average molecular weight is 302 g/mol. The fourth-order valence-electron chi connectivity index (χ4n) is 1.76. The summed E-state index contributed by atoms with van der Waals surface area (Å²) < 4.78 is 26.3. The van der Waals surface area contributed by atoms with Crippen LogP contribution in [0.2, 0.25) is 0 Å². The number of hydrogen-bond donors (Lipinski definition) is 2. The molecule has 114 valence electrons. The van der Waals surface area contributed by atoms with Crippen LogP contribution in [0.25, 0.3) is 0 Å². The molecule has 1 aromatic heterocycles. The molecular weight excluding hydrogens is 280 g/mol. The van der Waals surface area contributed by atoms with Crippen molar-refractivity contribution in [3.05, 3.63) is 18.2 Å². The van der Waals surface area contributed by atoms with Crippen molar-refractivity contribution >= 4 is 15.9 Å². The van der Waals surface area contributed by atoms with Gasteiger partial charge in [-0.25, -0.2) is 18.1 Å². The van der Waals surface area contributed by atoms with Crippen molar-refractivity contribution in [1.82, 2.24) is 19.6 Å². The smallest absolute Gasteiger partial charge is 0.238 e. The number of nitrogens with zero attached hydrogens (tertiary/aromatic N) is 2. The molecule has 0 saturated heterocycles. The topological polar surface area (TPSA) is 93.1 Å². The Labute approximate surface area is 119 Å². The molecule has 0 bridgehead atoms. The zero-order valence-corrected chi connectivity index (χ0v) is 13.1. The maximum Gasteiger partial charge on any atom is 0.238 e. The summed E-state index contributed by atoms with van der Waals surface area (Å²) in [6.45, 7) is 6.84. The Bertz CT molecular complexity index is 551. The number of amides is 1. The van der Waals surface area contributed by atoms with E-state index in [0.717, 1.165) is 18.5 Å². The summed E-state index contributed by atoms with van der Waals surface area (Å²) in [6, 6.07) is -0.800. The van der Waals surface area contributed by atoms with Gasteiger partial charge in [0.2, 0.25) is 15.9 Å². The number of aromatic nitrogens is 2. The second-order valence-corrected chi connectivity index (χ2v) is 7.04. The lowest BCUT2D eigenvalue weighted by molar-refractivity contribution is -0.122. The molecule has 2 N–H and O–H groups in total. The first-order valence-corrected chi connectivity index (χ1v) is 8.32. The molecule has 8 heteroatoms. The van der Waals surface area contributed by atoms with Gasteiger partial charge in [-0.05, 0) is 12.8 Å². The van der Waals surface area contributed by atoms with E-state index < -0.39 is 16.1 Å². The van der Waals surface area contributed by atoms with Gasteiger partial charge in [0.25, 0.3) is 0 Å². The third kappa shape index (κ3) is 5.70. The van der Waals surface area contributed by atoms with Gasteiger partial charge in [-0.2, -0.15) is 0 Å². The molecule has 0 fully saturated rings. The Morgan fingerprint density at radius 3 is 2.60 bits per heavy atom. The number of carbonyl (C=O) groups is 1. The van der Waals surface area contributed by atoms with Crippen molar-refractivity contribution in [2.24, 2.45) is 5.92 Å². The summed E-state index contributed by atoms with van der Waals surface area (Å²) in [5.41, 5.74) is 0.888. The Morgan fingerprint density at radius 2 is 2.05 bits per heavy atom. The summed E-state index contributed by atoms with van der Waals surface area (Å²) >= 11 is 0. The molecular formula is C12H22N4O3S. The van der Waals surface area contributed by atoms with Crippen LogP contribution in [0.4, 0.5) is 0 Å². The second kappa shape index (κ2) is 6.85. The van der Waals surface area contributed by atoms with Crippen LogP contribution in [0, 0.1) is 5.92 Å². The molecule has 0 aliphatic heterocycles. The predicted octanol–water partition coefficient (Wildman–Crippen LogP) is 0.0930. The van der Waals surface area contributed by atoms with Gasteiger partial charge in [-0.1, -0.05) is 13.8 Å². The third-order valence-corrected chi connectivity index (χ3v) is 3.37. The van der Waals surface area contributed by atoms with E-state index in [2.05, 4.69) is 28.9 Å². The second-order valence-electron chi connectivity index (χ2n) is 5.26. The quantitative estimate of drug-likeness (QED) is 0.746. The standard InChI is InChI=1S/C12H22N4O3S/c1-9(2)7-16-8-13-5-11(16)6-14-12(17)10(3)15-20(4,18)19/h5,8-10,15H,6-7H2,1-4H3,(H,14,17)/t10-/m1/s1. The molecule has 0 aliphatic carbocycles. The maximum atomic E-state index is 11.8. The van der Waals surface area contributed by atoms with Crippen molar-refractivity contribution in [2.75, 3.05) is 6.26 Å². The van der Waals surface area contributed by atoms with Crippen LogP contribution in [0.5, 0.6) is 0 Å². The summed E-state index contributed by atoms with van der Waals surface area (Å²) in [5, 5.41) is 2.69. The van der Waals surface area contributed by atoms with Crippen LogP contribution in [0.1, 0.15) is 26.5 Å². The average Bonchev–Trinajstić information content (AvgIpc) is 2.70. The molecule has 0 spiro atoms. The van der Waals surface area contributed by atoms with Crippen LogP contribution >= 0.6 is 0 Å². The minimum Gasteiger partial charge on any atom is -0.349 e. The van der Waals surface area contributed by atoms with Crippen molar-refractivity contribution in [3.63, 3.8) is 0 Å². The lowest BCUT2D eigenvalue weighted by Gasteiger charge is -2.14. The Kier molecular flexibility index (Phi) is 5.70. The number of sulfonamides is 1. The van der Waals surface area contributed by atoms with Gasteiger partial charge in [0.15, 0.2) is 0 Å². The minimum atomic E-state index is -3.39. The fourth-order valence-corrected chi connectivity index (χ4v) is 2.51. The van der Waals surface area contributed by atoms with Crippen LogP contribution in [-0.2, 0) is 27.9 Å². The molecule has 1 amide bonds. The molecule has 0 aromatic carbocycles. The summed E-state index contributed by atoms with van der Waals surface area (Å²) in [7, 11) is -3.39. The first-order chi connectivity index (χ1) is 9.19. The monoisotopic (exact) mass is 302 g/mol. The van der Waals surface area contributed by atoms with Gasteiger partial charge < -0.3 is 9.88 Å². The van der Waals surface area contributed by atoms with Gasteiger partial charge in [0.1, 0.15) is 0 Å². The van der Waals surface area contributed by atoms with Gasteiger partial charge in [0, 0.05) is 12.7 Å². The molecule has 1 heterocycles. The van der Waals surface area contributed by atoms with Crippen LogP contribution < -0.4 is 10.0 Å². The molecule has 1 atom stereocenters. The van der Waals surface area contributed by atoms with Crippen molar-refractivity contribution in [1.29, 1.82) is 0 Å². The van der Waals surface area contributed by atoms with Gasteiger partial charge in [0.05, 0.1) is 30.9 Å². The molecule has 1 aromatic rings. The van der Waals surface area contributed by atoms with Crippen molar-refractivity contribution < 1.29 is 13.2 Å². The lowest BCUT2D eigenvalue weighted by Crippen LogP contribution is -2.44. The van der Waals surface area contributed by atoms with Gasteiger partial charge >= 0.3 is 0 Å². The summed E-state index contributed by atoms with van der Waals surface area (Å²) in [6.07, 6.45) is 4.44. The highest BCUT2D eigenvalue weighted by Gasteiger charge is 2.17. The fraction of sp³-hybridized carbons (Fsp3) is 0.667. The van der Waals surface area contributed by atoms with Crippen molar-refractivity contribution in [3.8, 4) is 0 Å². The molecule has 20 heavy (non-hydrogen) atoms. The number of nitrogens with one attached hydrogen (secondary N) is 2. The number of carbonyl (C=O) groups excluding carboxylic acids is 1. The molecule has 7 nitrogen and oxygen atoms in total. The third-order valence-electron chi connectivity index (χ3n) is 2.59. The Balaban J connectivity index is 2.55. The summed E-state index contributed by atoms with van der Waals surface area (Å²) in [4.78, 5) is 15.8. The Hall–Kier alpha value is -1.41. The van der Waals surface area contributed by atoms with E-state index in [1.165, 1.54) is 6.92 Å². The first-order valence-electron chi connectivity index (χ1n) is 6.43. The predicted molar refractivity (Wildman–Crippen MR) is 76.4 cm³/mol. The number of imidazole rings is 1. The molecule has 1 rings (SSSR count). The van der Waals surface area contributed by atoms with Crippen LogP contribution in [0.3, 0.4) is 0 Å². The van der Waals surface area contributed by atoms with E-state index in [1.807, 2.05) is 4.57 Å². The first kappa shape index (κ1) is 16.6. The molecule has 0 aliphatic rings. The van der Waals surface area contributed by atoms with Crippen molar-refractivity contribution in [2.45, 2.75) is 39.9 Å². The van der Waals surface area contributed by atoms with E-state index in [0.29, 0.717) is 12.5 Å². The van der Waals surface area contributed by atoms with Crippen LogP contribution in [-0.4, -0.2) is 36.2 Å². The number of rotatable bonds is 7. The molecule has 0 saturated carbocycles. The van der Waals surface area contributed by atoms with E-state index >= 15 is 0 Å². The highest BCUT2D eigenvalue weighted by atomic mass is 32.2. The van der Waals surface area contributed by atoms with E-state index in [-0.39, 0.29) is 5.91 Å². The summed E-state index contributed by atoms with van der Waals surface area (Å²) in [5.74, 6) is 0.109. The van der Waals surface area contributed by atoms with E-state index in [1.54, 1.807) is 12.5 Å². The molecule has 0 unspecified atom stereocenters. The maximum absolute atomic E-state index is 11.8. The normalized spacial score (nSPS) is 13.4. The highest BCUT2D eigenvalue weighted by molar-refractivity contribution is 7.88. The van der Waals surface area contributed by atoms with Gasteiger partial charge in [-0.15, -0.1) is 0 Å². The minimum absolute atomic E-state index is 0.321. The van der Waals surface area contributed by atoms with E-state index in [4.69, 9.17) is 0 Å². The zero-order valence-electron chi connectivity index (χ0n) is 12.3. The Morgan fingerprint density at radius 1 is 1.40 bits per heavy atom.